The highest BCUT2D eigenvalue weighted by atomic mass is 14.7. The SMILES string of the molecule is CC(C)(C)c1cc(-c2cccc3ccccc23)nc(C(C)(C)C)c1. The molecule has 0 radical (unpaired) electrons. The van der Waals surface area contributed by atoms with Crippen molar-refractivity contribution in [2.75, 3.05) is 0 Å². The number of pyridine rings is 1. The molecule has 1 aromatic heterocycles. The molecule has 0 amide bonds. The van der Waals surface area contributed by atoms with Gasteiger partial charge in [0.2, 0.25) is 0 Å². The Balaban J connectivity index is 2.30. The minimum atomic E-state index is 0.0284. The van der Waals surface area contributed by atoms with Crippen molar-refractivity contribution >= 4 is 10.8 Å². The predicted octanol–water partition coefficient (Wildman–Crippen LogP) is 6.50. The van der Waals surface area contributed by atoms with E-state index in [-0.39, 0.29) is 10.8 Å². The van der Waals surface area contributed by atoms with Crippen LogP contribution in [-0.4, -0.2) is 4.98 Å². The van der Waals surface area contributed by atoms with Crippen LogP contribution in [0.3, 0.4) is 0 Å². The van der Waals surface area contributed by atoms with Crippen LogP contribution in [0.5, 0.6) is 0 Å². The Hall–Kier alpha value is -2.15. The Morgan fingerprint density at radius 2 is 1.38 bits per heavy atom. The minimum Gasteiger partial charge on any atom is -0.252 e. The smallest absolute Gasteiger partial charge is 0.0714 e. The minimum absolute atomic E-state index is 0.0284. The summed E-state index contributed by atoms with van der Waals surface area (Å²) >= 11 is 0. The fourth-order valence-corrected chi connectivity index (χ4v) is 2.93. The van der Waals surface area contributed by atoms with Gasteiger partial charge in [-0.2, -0.15) is 0 Å². The topological polar surface area (TPSA) is 12.9 Å². The number of hydrogen-bond acceptors (Lipinski definition) is 1. The van der Waals surface area contributed by atoms with Crippen molar-refractivity contribution in [3.8, 4) is 11.3 Å². The summed E-state index contributed by atoms with van der Waals surface area (Å²) in [6, 6.07) is 19.5. The fourth-order valence-electron chi connectivity index (χ4n) is 2.93. The van der Waals surface area contributed by atoms with Gasteiger partial charge in [0.05, 0.1) is 5.69 Å². The number of rotatable bonds is 1. The summed E-state index contributed by atoms with van der Waals surface area (Å²) in [7, 11) is 0. The zero-order valence-corrected chi connectivity index (χ0v) is 15.6. The molecule has 0 atom stereocenters. The van der Waals surface area contributed by atoms with E-state index in [1.165, 1.54) is 21.9 Å². The van der Waals surface area contributed by atoms with Crippen molar-refractivity contribution < 1.29 is 0 Å². The number of aromatic nitrogens is 1. The Labute approximate surface area is 145 Å². The van der Waals surface area contributed by atoms with Gasteiger partial charge in [0.15, 0.2) is 0 Å². The molecule has 0 fully saturated rings. The first-order valence-electron chi connectivity index (χ1n) is 8.67. The summed E-state index contributed by atoms with van der Waals surface area (Å²) in [5.41, 5.74) is 4.90. The van der Waals surface area contributed by atoms with Crippen molar-refractivity contribution in [3.63, 3.8) is 0 Å². The molecule has 0 N–H and O–H groups in total. The van der Waals surface area contributed by atoms with Gasteiger partial charge in [0.1, 0.15) is 0 Å². The molecule has 0 saturated heterocycles. The van der Waals surface area contributed by atoms with E-state index in [0.29, 0.717) is 0 Å². The largest absolute Gasteiger partial charge is 0.252 e. The van der Waals surface area contributed by atoms with Crippen molar-refractivity contribution in [2.45, 2.75) is 52.4 Å². The van der Waals surface area contributed by atoms with E-state index in [0.717, 1.165) is 11.4 Å². The molecule has 0 aliphatic carbocycles. The van der Waals surface area contributed by atoms with Gasteiger partial charge in [0.25, 0.3) is 0 Å². The maximum atomic E-state index is 5.04. The fraction of sp³-hybridized carbons (Fsp3) is 0.348. The van der Waals surface area contributed by atoms with Gasteiger partial charge >= 0.3 is 0 Å². The lowest BCUT2D eigenvalue weighted by molar-refractivity contribution is 0.553. The van der Waals surface area contributed by atoms with E-state index in [2.05, 4.69) is 96.1 Å². The highest BCUT2D eigenvalue weighted by molar-refractivity contribution is 5.95. The second kappa shape index (κ2) is 5.73. The highest BCUT2D eigenvalue weighted by Crippen LogP contribution is 2.34. The summed E-state index contributed by atoms with van der Waals surface area (Å²) in [6.45, 7) is 13.5. The van der Waals surface area contributed by atoms with Crippen LogP contribution < -0.4 is 0 Å². The van der Waals surface area contributed by atoms with Gasteiger partial charge < -0.3 is 0 Å². The summed E-state index contributed by atoms with van der Waals surface area (Å²) < 4.78 is 0. The lowest BCUT2D eigenvalue weighted by atomic mass is 9.82. The third-order valence-corrected chi connectivity index (χ3v) is 4.53. The second-order valence-electron chi connectivity index (χ2n) is 8.65. The van der Waals surface area contributed by atoms with Gasteiger partial charge in [0, 0.05) is 16.7 Å². The number of hydrogen-bond donors (Lipinski definition) is 0. The van der Waals surface area contributed by atoms with Crippen molar-refractivity contribution in [1.29, 1.82) is 0 Å². The van der Waals surface area contributed by atoms with E-state index in [1.807, 2.05) is 0 Å². The molecule has 1 heterocycles. The molecule has 1 nitrogen and oxygen atoms in total. The Morgan fingerprint density at radius 3 is 2.04 bits per heavy atom. The van der Waals surface area contributed by atoms with Crippen LogP contribution in [0.2, 0.25) is 0 Å². The van der Waals surface area contributed by atoms with Crippen molar-refractivity contribution in [1.82, 2.24) is 4.98 Å². The first-order chi connectivity index (χ1) is 11.2. The highest BCUT2D eigenvalue weighted by Gasteiger charge is 2.22. The molecule has 3 aromatic rings. The van der Waals surface area contributed by atoms with Crippen LogP contribution in [0.15, 0.2) is 54.6 Å². The van der Waals surface area contributed by atoms with E-state index in [9.17, 15) is 0 Å². The maximum absolute atomic E-state index is 5.04. The Bertz CT molecular complexity index is 839. The normalized spacial score (nSPS) is 12.6. The van der Waals surface area contributed by atoms with Crippen LogP contribution >= 0.6 is 0 Å². The van der Waals surface area contributed by atoms with Gasteiger partial charge in [-0.05, 0) is 33.9 Å². The van der Waals surface area contributed by atoms with Crippen molar-refractivity contribution in [2.24, 2.45) is 0 Å². The average Bonchev–Trinajstić information content (AvgIpc) is 2.52. The third-order valence-electron chi connectivity index (χ3n) is 4.53. The maximum Gasteiger partial charge on any atom is 0.0714 e. The van der Waals surface area contributed by atoms with Gasteiger partial charge in [-0.3, -0.25) is 4.98 Å². The first-order valence-corrected chi connectivity index (χ1v) is 8.67. The molecular formula is C23H27N. The molecule has 124 valence electrons. The Kier molecular flexibility index (Phi) is 3.99. The molecule has 0 bridgehead atoms. The van der Waals surface area contributed by atoms with E-state index >= 15 is 0 Å². The molecule has 0 unspecified atom stereocenters. The zero-order valence-electron chi connectivity index (χ0n) is 15.6. The molecule has 0 spiro atoms. The zero-order chi connectivity index (χ0) is 17.5. The second-order valence-corrected chi connectivity index (χ2v) is 8.65. The van der Waals surface area contributed by atoms with E-state index in [4.69, 9.17) is 4.98 Å². The van der Waals surface area contributed by atoms with Crippen LogP contribution in [0, 0.1) is 0 Å². The van der Waals surface area contributed by atoms with E-state index < -0.39 is 0 Å². The third kappa shape index (κ3) is 3.21. The summed E-state index contributed by atoms with van der Waals surface area (Å²) in [5.74, 6) is 0. The van der Waals surface area contributed by atoms with Crippen LogP contribution in [0.1, 0.15) is 52.8 Å². The molecule has 2 aromatic carbocycles. The number of nitrogens with zero attached hydrogens (tertiary/aromatic N) is 1. The summed E-state index contributed by atoms with van der Waals surface area (Å²) in [5, 5.41) is 2.52. The lowest BCUT2D eigenvalue weighted by Crippen LogP contribution is -2.18. The quantitative estimate of drug-likeness (QED) is 0.499. The van der Waals surface area contributed by atoms with Crippen LogP contribution in [-0.2, 0) is 10.8 Å². The van der Waals surface area contributed by atoms with Gasteiger partial charge in [-0.25, -0.2) is 0 Å². The molecule has 0 aliphatic heterocycles. The number of fused-ring (bicyclic) bond motifs is 1. The molecule has 0 saturated carbocycles. The lowest BCUT2D eigenvalue weighted by Gasteiger charge is -2.25. The Morgan fingerprint density at radius 1 is 0.708 bits per heavy atom. The number of benzene rings is 2. The molecule has 3 rings (SSSR count). The molecule has 0 aliphatic rings. The van der Waals surface area contributed by atoms with Crippen molar-refractivity contribution in [3.05, 3.63) is 65.9 Å². The predicted molar refractivity (Wildman–Crippen MR) is 105 cm³/mol. The van der Waals surface area contributed by atoms with E-state index in [1.54, 1.807) is 0 Å². The van der Waals surface area contributed by atoms with Crippen LogP contribution in [0.4, 0.5) is 0 Å². The summed E-state index contributed by atoms with van der Waals surface area (Å²) in [4.78, 5) is 5.04. The molecule has 24 heavy (non-hydrogen) atoms. The van der Waals surface area contributed by atoms with Gasteiger partial charge in [-0.15, -0.1) is 0 Å². The van der Waals surface area contributed by atoms with Gasteiger partial charge in [-0.1, -0.05) is 84.0 Å². The van der Waals surface area contributed by atoms with Crippen LogP contribution in [0.25, 0.3) is 22.0 Å². The average molecular weight is 317 g/mol. The first kappa shape index (κ1) is 16.7. The standard InChI is InChI=1S/C23H27N/c1-22(2,3)17-14-20(24-21(15-17)23(4,5)6)19-13-9-11-16-10-7-8-12-18(16)19/h7-15H,1-6H3. The molecule has 1 heteroatoms. The monoisotopic (exact) mass is 317 g/mol. The molecular weight excluding hydrogens is 290 g/mol. The summed E-state index contributed by atoms with van der Waals surface area (Å²) in [6.07, 6.45) is 0.